The summed E-state index contributed by atoms with van der Waals surface area (Å²) in [6.07, 6.45) is 0.975. The van der Waals surface area contributed by atoms with E-state index in [4.69, 9.17) is 0 Å². The molecule has 0 radical (unpaired) electrons. The largest absolute Gasteiger partial charge is 0.335 e. The van der Waals surface area contributed by atoms with Crippen LogP contribution < -0.4 is 0 Å². The van der Waals surface area contributed by atoms with Crippen LogP contribution in [0.15, 0.2) is 24.3 Å². The topological polar surface area (TPSA) is 69.3 Å². The Morgan fingerprint density at radius 2 is 2.12 bits per heavy atom. The monoisotopic (exact) mass is 358 g/mol. The molecule has 2 heterocycles. The van der Waals surface area contributed by atoms with Crippen molar-refractivity contribution in [1.29, 1.82) is 0 Å². The Balaban J connectivity index is 1.53. The van der Waals surface area contributed by atoms with Crippen LogP contribution in [0, 0.1) is 19.7 Å². The number of aromatic amines is 1. The van der Waals surface area contributed by atoms with Crippen molar-refractivity contribution >= 4 is 11.8 Å². The number of carbonyl (C=O) groups excluding carboxylic acids is 2. The number of piperazine rings is 1. The van der Waals surface area contributed by atoms with E-state index < -0.39 is 0 Å². The molecule has 6 nitrogen and oxygen atoms in total. The fraction of sp³-hybridized carbons (Fsp3) is 0.421. The van der Waals surface area contributed by atoms with Crippen LogP contribution in [-0.4, -0.2) is 51.4 Å². The molecule has 1 saturated heterocycles. The van der Waals surface area contributed by atoms with Crippen LogP contribution in [0.3, 0.4) is 0 Å². The quantitative estimate of drug-likeness (QED) is 0.888. The van der Waals surface area contributed by atoms with Gasteiger partial charge in [-0.3, -0.25) is 14.7 Å². The van der Waals surface area contributed by atoms with E-state index in [9.17, 15) is 14.0 Å². The molecule has 1 aromatic carbocycles. The van der Waals surface area contributed by atoms with Crippen molar-refractivity contribution in [2.24, 2.45) is 0 Å². The average molecular weight is 358 g/mol. The fourth-order valence-electron chi connectivity index (χ4n) is 3.28. The van der Waals surface area contributed by atoms with Gasteiger partial charge in [-0.1, -0.05) is 12.1 Å². The van der Waals surface area contributed by atoms with Crippen molar-refractivity contribution in [3.8, 4) is 0 Å². The molecular formula is C19H23FN4O2. The lowest BCUT2D eigenvalue weighted by Crippen LogP contribution is -2.51. The van der Waals surface area contributed by atoms with Crippen molar-refractivity contribution in [2.45, 2.75) is 33.2 Å². The number of aromatic nitrogens is 2. The number of hydrogen-bond acceptors (Lipinski definition) is 3. The lowest BCUT2D eigenvalue weighted by molar-refractivity contribution is -0.145. The summed E-state index contributed by atoms with van der Waals surface area (Å²) in [7, 11) is 0. The Kier molecular flexibility index (Phi) is 5.35. The van der Waals surface area contributed by atoms with Crippen LogP contribution in [0.5, 0.6) is 0 Å². The lowest BCUT2D eigenvalue weighted by atomic mass is 10.1. The van der Waals surface area contributed by atoms with Crippen molar-refractivity contribution in [3.05, 3.63) is 52.6 Å². The smallest absolute Gasteiger partial charge is 0.242 e. The number of rotatable bonds is 5. The molecular weight excluding hydrogens is 335 g/mol. The lowest BCUT2D eigenvalue weighted by Gasteiger charge is -2.34. The second-order valence-electron chi connectivity index (χ2n) is 6.67. The fourth-order valence-corrected chi connectivity index (χ4v) is 3.28. The molecule has 2 aromatic rings. The second kappa shape index (κ2) is 7.68. The van der Waals surface area contributed by atoms with Crippen LogP contribution in [0.2, 0.25) is 0 Å². The number of nitrogens with zero attached hydrogens (tertiary/aromatic N) is 3. The molecule has 0 spiro atoms. The number of H-pyrrole nitrogens is 1. The van der Waals surface area contributed by atoms with E-state index in [1.165, 1.54) is 12.1 Å². The van der Waals surface area contributed by atoms with Gasteiger partial charge in [-0.2, -0.15) is 5.10 Å². The van der Waals surface area contributed by atoms with Crippen molar-refractivity contribution < 1.29 is 14.0 Å². The maximum absolute atomic E-state index is 13.3. The molecule has 1 aromatic heterocycles. The van der Waals surface area contributed by atoms with Gasteiger partial charge in [0.25, 0.3) is 0 Å². The van der Waals surface area contributed by atoms with Gasteiger partial charge in [-0.15, -0.1) is 0 Å². The molecule has 0 unspecified atom stereocenters. The first kappa shape index (κ1) is 18.1. The third-order valence-corrected chi connectivity index (χ3v) is 4.80. The van der Waals surface area contributed by atoms with E-state index in [1.54, 1.807) is 21.9 Å². The summed E-state index contributed by atoms with van der Waals surface area (Å²) < 4.78 is 13.3. The molecule has 138 valence electrons. The van der Waals surface area contributed by atoms with Gasteiger partial charge in [-0.05, 0) is 43.5 Å². The molecule has 2 amide bonds. The Morgan fingerprint density at radius 3 is 2.77 bits per heavy atom. The molecule has 1 aliphatic rings. The summed E-state index contributed by atoms with van der Waals surface area (Å²) in [6, 6.07) is 6.24. The Bertz CT molecular complexity index is 798. The van der Waals surface area contributed by atoms with E-state index in [-0.39, 0.29) is 24.2 Å². The standard InChI is InChI=1S/C19H23FN4O2/c1-13-17(14(2)22-21-13)6-7-18(25)24-9-8-23(19(26)12-24)11-15-4-3-5-16(20)10-15/h3-5,10H,6-9,11-12H2,1-2H3,(H,21,22). The molecule has 1 N–H and O–H groups in total. The number of amides is 2. The summed E-state index contributed by atoms with van der Waals surface area (Å²) in [5.41, 5.74) is 3.70. The van der Waals surface area contributed by atoms with Crippen LogP contribution in [-0.2, 0) is 22.6 Å². The number of hydrogen-bond donors (Lipinski definition) is 1. The highest BCUT2D eigenvalue weighted by Gasteiger charge is 2.27. The SMILES string of the molecule is Cc1n[nH]c(C)c1CCC(=O)N1CCN(Cc2cccc(F)c2)C(=O)C1. The van der Waals surface area contributed by atoms with Crippen LogP contribution >= 0.6 is 0 Å². The zero-order valence-corrected chi connectivity index (χ0v) is 15.1. The molecule has 0 aliphatic carbocycles. The van der Waals surface area contributed by atoms with Crippen molar-refractivity contribution in [3.63, 3.8) is 0 Å². The Labute approximate surface area is 152 Å². The third-order valence-electron chi connectivity index (χ3n) is 4.80. The number of halogens is 1. The minimum absolute atomic E-state index is 0.0243. The van der Waals surface area contributed by atoms with Gasteiger partial charge in [0.15, 0.2) is 0 Å². The first-order valence-electron chi connectivity index (χ1n) is 8.74. The van der Waals surface area contributed by atoms with Gasteiger partial charge in [0.05, 0.1) is 12.2 Å². The van der Waals surface area contributed by atoms with Gasteiger partial charge in [-0.25, -0.2) is 4.39 Å². The zero-order valence-electron chi connectivity index (χ0n) is 15.1. The highest BCUT2D eigenvalue weighted by atomic mass is 19.1. The zero-order chi connectivity index (χ0) is 18.7. The van der Waals surface area contributed by atoms with Crippen LogP contribution in [0.4, 0.5) is 4.39 Å². The number of carbonyl (C=O) groups is 2. The number of aryl methyl sites for hydroxylation is 2. The predicted molar refractivity (Wildman–Crippen MR) is 94.8 cm³/mol. The summed E-state index contributed by atoms with van der Waals surface area (Å²) in [6.45, 7) is 5.27. The van der Waals surface area contributed by atoms with Crippen LogP contribution in [0.1, 0.15) is 28.9 Å². The maximum atomic E-state index is 13.3. The molecule has 26 heavy (non-hydrogen) atoms. The number of benzene rings is 1. The molecule has 1 aliphatic heterocycles. The third kappa shape index (κ3) is 4.09. The normalized spacial score (nSPS) is 14.8. The van der Waals surface area contributed by atoms with Gasteiger partial charge < -0.3 is 9.80 Å². The van der Waals surface area contributed by atoms with Crippen LogP contribution in [0.25, 0.3) is 0 Å². The van der Waals surface area contributed by atoms with E-state index in [2.05, 4.69) is 10.2 Å². The number of nitrogens with one attached hydrogen (secondary N) is 1. The summed E-state index contributed by atoms with van der Waals surface area (Å²) in [4.78, 5) is 28.1. The molecule has 7 heteroatoms. The second-order valence-corrected chi connectivity index (χ2v) is 6.67. The van der Waals surface area contributed by atoms with Gasteiger partial charge in [0.1, 0.15) is 5.82 Å². The molecule has 1 fully saturated rings. The predicted octanol–water partition coefficient (Wildman–Crippen LogP) is 1.97. The maximum Gasteiger partial charge on any atom is 0.242 e. The van der Waals surface area contributed by atoms with Crippen molar-refractivity contribution in [1.82, 2.24) is 20.0 Å². The molecule has 0 atom stereocenters. The van der Waals surface area contributed by atoms with E-state index >= 15 is 0 Å². The van der Waals surface area contributed by atoms with Gasteiger partial charge in [0, 0.05) is 31.7 Å². The van der Waals surface area contributed by atoms with Gasteiger partial charge in [0.2, 0.25) is 11.8 Å². The minimum atomic E-state index is -0.311. The van der Waals surface area contributed by atoms with E-state index in [0.717, 1.165) is 22.5 Å². The van der Waals surface area contributed by atoms with Crippen molar-refractivity contribution in [2.75, 3.05) is 19.6 Å². The highest BCUT2D eigenvalue weighted by molar-refractivity contribution is 5.86. The summed E-state index contributed by atoms with van der Waals surface area (Å²) in [5.74, 6) is -0.443. The van der Waals surface area contributed by atoms with E-state index in [1.807, 2.05) is 13.8 Å². The molecule has 0 bridgehead atoms. The summed E-state index contributed by atoms with van der Waals surface area (Å²) in [5, 5.41) is 7.06. The Morgan fingerprint density at radius 1 is 1.31 bits per heavy atom. The van der Waals surface area contributed by atoms with Gasteiger partial charge >= 0.3 is 0 Å². The molecule has 3 rings (SSSR count). The van der Waals surface area contributed by atoms with E-state index in [0.29, 0.717) is 32.5 Å². The highest BCUT2D eigenvalue weighted by Crippen LogP contribution is 2.15. The first-order valence-corrected chi connectivity index (χ1v) is 8.74. The first-order chi connectivity index (χ1) is 12.4. The minimum Gasteiger partial charge on any atom is -0.335 e. The molecule has 0 saturated carbocycles. The average Bonchev–Trinajstić information content (AvgIpc) is 2.93. The Hall–Kier alpha value is -2.70. The summed E-state index contributed by atoms with van der Waals surface area (Å²) >= 11 is 0.